The van der Waals surface area contributed by atoms with Gasteiger partial charge in [0.15, 0.2) is 0 Å². The lowest BCUT2D eigenvalue weighted by atomic mass is 10.0. The number of aliphatic hydroxyl groups is 1. The molecule has 0 aliphatic carbocycles. The summed E-state index contributed by atoms with van der Waals surface area (Å²) in [6, 6.07) is 16.2. The van der Waals surface area contributed by atoms with Crippen LogP contribution in [0.4, 0.5) is 10.1 Å². The van der Waals surface area contributed by atoms with Gasteiger partial charge >= 0.3 is 0 Å². The Morgan fingerprint density at radius 2 is 1.80 bits per heavy atom. The highest BCUT2D eigenvalue weighted by molar-refractivity contribution is 7.89. The highest BCUT2D eigenvalue weighted by atomic mass is 32.2. The SMILES string of the molecule is CC(CN(C(CO)CCCCNC(=O)[CH]Cc1ccc2ccccc2c1)S(=O)(=O)c1ccc(F)c(N)c1)C(N)=O. The topological polar surface area (TPSA) is 156 Å². The Morgan fingerprint density at radius 1 is 1.07 bits per heavy atom. The van der Waals surface area contributed by atoms with Gasteiger partial charge in [0.2, 0.25) is 21.8 Å². The van der Waals surface area contributed by atoms with Crippen molar-refractivity contribution in [1.29, 1.82) is 0 Å². The Bertz CT molecular complexity index is 1430. The number of nitrogen functional groups attached to an aromatic ring is 1. The highest BCUT2D eigenvalue weighted by Crippen LogP contribution is 2.25. The van der Waals surface area contributed by atoms with E-state index < -0.39 is 40.3 Å². The predicted octanol–water partition coefficient (Wildman–Crippen LogP) is 2.77. The van der Waals surface area contributed by atoms with Crippen molar-refractivity contribution in [1.82, 2.24) is 9.62 Å². The number of nitrogens with zero attached hydrogens (tertiary/aromatic N) is 1. The molecule has 3 aromatic carbocycles. The maximum absolute atomic E-state index is 13.6. The Kier molecular flexibility index (Phi) is 11.0. The Balaban J connectivity index is 1.54. The van der Waals surface area contributed by atoms with Gasteiger partial charge in [0.1, 0.15) is 5.82 Å². The maximum atomic E-state index is 13.6. The fourth-order valence-corrected chi connectivity index (χ4v) is 6.08. The molecule has 11 heteroatoms. The first kappa shape index (κ1) is 31.0. The quantitative estimate of drug-likeness (QED) is 0.162. The van der Waals surface area contributed by atoms with Crippen molar-refractivity contribution < 1.29 is 27.5 Å². The summed E-state index contributed by atoms with van der Waals surface area (Å²) < 4.78 is 41.5. The number of anilines is 1. The number of aliphatic hydroxyl groups excluding tert-OH is 1. The normalized spacial score (nSPS) is 13.3. The molecule has 1 radical (unpaired) electrons. The molecular formula is C29H36FN4O5S. The summed E-state index contributed by atoms with van der Waals surface area (Å²) in [7, 11) is -4.24. The number of primary amides is 1. The van der Waals surface area contributed by atoms with Gasteiger partial charge in [-0.3, -0.25) is 9.59 Å². The molecule has 9 nitrogen and oxygen atoms in total. The van der Waals surface area contributed by atoms with Crippen molar-refractivity contribution in [2.75, 3.05) is 25.4 Å². The van der Waals surface area contributed by atoms with Crippen molar-refractivity contribution >= 4 is 38.3 Å². The fourth-order valence-electron chi connectivity index (χ4n) is 4.31. The zero-order chi connectivity index (χ0) is 29.3. The largest absolute Gasteiger partial charge is 0.396 e. The molecule has 0 spiro atoms. The highest BCUT2D eigenvalue weighted by Gasteiger charge is 2.33. The second kappa shape index (κ2) is 14.2. The minimum Gasteiger partial charge on any atom is -0.396 e. The number of halogens is 1. The third-order valence-corrected chi connectivity index (χ3v) is 8.65. The zero-order valence-electron chi connectivity index (χ0n) is 22.4. The van der Waals surface area contributed by atoms with E-state index in [0.29, 0.717) is 25.8 Å². The van der Waals surface area contributed by atoms with E-state index in [0.717, 1.165) is 38.8 Å². The lowest BCUT2D eigenvalue weighted by molar-refractivity contribution is -0.121. The first-order valence-electron chi connectivity index (χ1n) is 13.1. The third kappa shape index (κ3) is 8.23. The van der Waals surface area contributed by atoms with E-state index in [1.807, 2.05) is 42.5 Å². The van der Waals surface area contributed by atoms with Crippen molar-refractivity contribution in [3.8, 4) is 0 Å². The Hall–Kier alpha value is -3.54. The van der Waals surface area contributed by atoms with Crippen LogP contribution < -0.4 is 16.8 Å². The monoisotopic (exact) mass is 571 g/mol. The number of amides is 2. The van der Waals surface area contributed by atoms with Gasteiger partial charge in [-0.2, -0.15) is 4.31 Å². The molecule has 6 N–H and O–H groups in total. The van der Waals surface area contributed by atoms with Crippen molar-refractivity contribution in [3.05, 3.63) is 78.5 Å². The van der Waals surface area contributed by atoms with Crippen LogP contribution in [0.1, 0.15) is 31.7 Å². The van der Waals surface area contributed by atoms with Crippen LogP contribution in [-0.4, -0.2) is 55.4 Å². The van der Waals surface area contributed by atoms with Crippen LogP contribution >= 0.6 is 0 Å². The van der Waals surface area contributed by atoms with Crippen LogP contribution in [0, 0.1) is 18.2 Å². The molecular weight excluding hydrogens is 535 g/mol. The van der Waals surface area contributed by atoms with Gasteiger partial charge in [-0.05, 0) is 53.8 Å². The van der Waals surface area contributed by atoms with Crippen LogP contribution in [0.25, 0.3) is 10.8 Å². The molecule has 3 rings (SSSR count). The molecule has 0 bridgehead atoms. The van der Waals surface area contributed by atoms with Crippen LogP contribution in [0.2, 0.25) is 0 Å². The number of carbonyl (C=O) groups excluding carboxylic acids is 2. The summed E-state index contributed by atoms with van der Waals surface area (Å²) in [6.45, 7) is 1.08. The first-order chi connectivity index (χ1) is 19.0. The number of nitrogens with two attached hydrogens (primary N) is 2. The number of hydrogen-bond donors (Lipinski definition) is 4. The molecule has 0 aliphatic rings. The number of rotatable bonds is 15. The van der Waals surface area contributed by atoms with Crippen LogP contribution in [-0.2, 0) is 26.0 Å². The van der Waals surface area contributed by atoms with Gasteiger partial charge in [0.25, 0.3) is 0 Å². The molecule has 3 aromatic rings. The van der Waals surface area contributed by atoms with Crippen LogP contribution in [0.3, 0.4) is 0 Å². The molecule has 0 fully saturated rings. The van der Waals surface area contributed by atoms with Crippen molar-refractivity contribution in [3.63, 3.8) is 0 Å². The van der Waals surface area contributed by atoms with E-state index in [-0.39, 0.29) is 29.5 Å². The van der Waals surface area contributed by atoms with E-state index in [4.69, 9.17) is 11.5 Å². The molecule has 0 saturated carbocycles. The molecule has 0 aliphatic heterocycles. The van der Waals surface area contributed by atoms with E-state index in [1.165, 1.54) is 6.92 Å². The summed E-state index contributed by atoms with van der Waals surface area (Å²) in [5.41, 5.74) is 11.6. The smallest absolute Gasteiger partial charge is 0.243 e. The number of carbonyl (C=O) groups is 2. The number of hydrogen-bond acceptors (Lipinski definition) is 6. The van der Waals surface area contributed by atoms with E-state index in [9.17, 15) is 27.5 Å². The summed E-state index contributed by atoms with van der Waals surface area (Å²) in [5, 5.41) is 15.1. The van der Waals surface area contributed by atoms with E-state index in [1.54, 1.807) is 6.42 Å². The number of fused-ring (bicyclic) bond motifs is 1. The van der Waals surface area contributed by atoms with Gasteiger partial charge in [0.05, 0.1) is 23.6 Å². The second-order valence-electron chi connectivity index (χ2n) is 9.77. The summed E-state index contributed by atoms with van der Waals surface area (Å²) in [5.74, 6) is -2.50. The van der Waals surface area contributed by atoms with Crippen LogP contribution in [0.15, 0.2) is 65.6 Å². The Labute approximate surface area is 234 Å². The van der Waals surface area contributed by atoms with Crippen LogP contribution in [0.5, 0.6) is 0 Å². The molecule has 0 heterocycles. The van der Waals surface area contributed by atoms with Crippen molar-refractivity contribution in [2.45, 2.75) is 43.5 Å². The average molecular weight is 572 g/mol. The van der Waals surface area contributed by atoms with Gasteiger partial charge in [-0.15, -0.1) is 0 Å². The minimum absolute atomic E-state index is 0.208. The minimum atomic E-state index is -4.24. The van der Waals surface area contributed by atoms with Gasteiger partial charge in [-0.25, -0.2) is 12.8 Å². The van der Waals surface area contributed by atoms with Gasteiger partial charge in [0, 0.05) is 25.0 Å². The molecule has 0 aromatic heterocycles. The molecule has 0 saturated heterocycles. The van der Waals surface area contributed by atoms with E-state index in [2.05, 4.69) is 5.32 Å². The second-order valence-corrected chi connectivity index (χ2v) is 11.7. The number of benzene rings is 3. The number of unbranched alkanes of at least 4 members (excludes halogenated alkanes) is 1. The van der Waals surface area contributed by atoms with Gasteiger partial charge < -0.3 is 21.9 Å². The zero-order valence-corrected chi connectivity index (χ0v) is 23.2. The maximum Gasteiger partial charge on any atom is 0.243 e. The van der Waals surface area contributed by atoms with E-state index >= 15 is 0 Å². The third-order valence-electron chi connectivity index (χ3n) is 6.73. The molecule has 2 atom stereocenters. The Morgan fingerprint density at radius 3 is 2.48 bits per heavy atom. The average Bonchev–Trinajstić information content (AvgIpc) is 2.93. The molecule has 215 valence electrons. The molecule has 40 heavy (non-hydrogen) atoms. The summed E-state index contributed by atoms with van der Waals surface area (Å²) in [4.78, 5) is 23.7. The number of sulfonamides is 1. The summed E-state index contributed by atoms with van der Waals surface area (Å²) in [6.07, 6.45) is 3.35. The lowest BCUT2D eigenvalue weighted by Crippen LogP contribution is -2.46. The van der Waals surface area contributed by atoms with Gasteiger partial charge in [-0.1, -0.05) is 55.8 Å². The standard InChI is InChI=1S/C29H36FN4O5S/c1-20(29(32)37)18-34(40(38,39)25-12-13-26(30)27(31)17-25)24(19-35)8-4-5-15-33-28(36)14-10-21-9-11-22-6-2-3-7-23(22)16-21/h2-3,6-7,9,11-14,16-17,20,24,35H,4-5,8,10,15,18-19,31H2,1H3,(H2,32,37)(H,33,36). The summed E-state index contributed by atoms with van der Waals surface area (Å²) >= 11 is 0. The fraction of sp³-hybridized carbons (Fsp3) is 0.345. The molecule has 2 amide bonds. The predicted molar refractivity (Wildman–Crippen MR) is 153 cm³/mol. The first-order valence-corrected chi connectivity index (χ1v) is 14.5. The number of nitrogens with one attached hydrogen (secondary N) is 1. The molecule has 2 unspecified atom stereocenters. The van der Waals surface area contributed by atoms with Crippen molar-refractivity contribution in [2.24, 2.45) is 11.7 Å². The lowest BCUT2D eigenvalue weighted by Gasteiger charge is -2.31.